The van der Waals surface area contributed by atoms with Gasteiger partial charge in [0.25, 0.3) is 5.69 Å². The molecule has 0 fully saturated rings. The van der Waals surface area contributed by atoms with Crippen molar-refractivity contribution in [2.24, 2.45) is 10.2 Å². The maximum atomic E-state index is 10.8. The van der Waals surface area contributed by atoms with E-state index in [1.165, 1.54) is 31.4 Å². The van der Waals surface area contributed by atoms with Gasteiger partial charge in [-0.2, -0.15) is 0 Å². The summed E-state index contributed by atoms with van der Waals surface area (Å²) in [6.07, 6.45) is 0. The first kappa shape index (κ1) is 17.1. The molecule has 22 heavy (non-hydrogen) atoms. The number of hydrogen-bond donors (Lipinski definition) is 1. The lowest BCUT2D eigenvalue weighted by Crippen LogP contribution is -1.87. The van der Waals surface area contributed by atoms with Gasteiger partial charge in [0.1, 0.15) is 17.2 Å². The minimum absolute atomic E-state index is 0.0897. The largest absolute Gasteiger partial charge is 0.506 e. The molecule has 0 radical (unpaired) electrons. The van der Waals surface area contributed by atoms with Crippen LogP contribution in [0, 0.1) is 10.1 Å². The zero-order valence-electron chi connectivity index (χ0n) is 12.6. The molecule has 0 spiro atoms. The van der Waals surface area contributed by atoms with Crippen LogP contribution in [-0.4, -0.2) is 17.1 Å². The van der Waals surface area contributed by atoms with E-state index in [1.54, 1.807) is 18.2 Å². The topological polar surface area (TPSA) is 97.3 Å². The Morgan fingerprint density at radius 2 is 1.73 bits per heavy atom. The van der Waals surface area contributed by atoms with E-state index < -0.39 is 4.92 Å². The van der Waals surface area contributed by atoms with Crippen molar-refractivity contribution in [3.8, 4) is 11.5 Å². The van der Waals surface area contributed by atoms with Crippen molar-refractivity contribution in [1.82, 2.24) is 0 Å². The summed E-state index contributed by atoms with van der Waals surface area (Å²) in [6, 6.07) is 10.4. The summed E-state index contributed by atoms with van der Waals surface area (Å²) in [7, 11) is 1.48. The van der Waals surface area contributed by atoms with Gasteiger partial charge in [-0.25, -0.2) is 0 Å². The van der Waals surface area contributed by atoms with Gasteiger partial charge in [0.15, 0.2) is 5.69 Å². The predicted molar refractivity (Wildman–Crippen MR) is 83.3 cm³/mol. The van der Waals surface area contributed by atoms with Crippen molar-refractivity contribution in [3.63, 3.8) is 0 Å². The van der Waals surface area contributed by atoms with Crippen LogP contribution in [0.5, 0.6) is 11.5 Å². The van der Waals surface area contributed by atoms with Crippen molar-refractivity contribution >= 4 is 17.1 Å². The summed E-state index contributed by atoms with van der Waals surface area (Å²) < 4.78 is 5.00. The molecule has 2 rings (SSSR count). The average molecular weight is 303 g/mol. The zero-order chi connectivity index (χ0) is 16.5. The van der Waals surface area contributed by atoms with Crippen molar-refractivity contribution in [3.05, 3.63) is 52.6 Å². The number of nitro groups is 1. The van der Waals surface area contributed by atoms with Gasteiger partial charge >= 0.3 is 0 Å². The highest BCUT2D eigenvalue weighted by Crippen LogP contribution is 2.33. The van der Waals surface area contributed by atoms with E-state index in [9.17, 15) is 15.2 Å². The molecule has 0 amide bonds. The molecule has 2 aromatic rings. The van der Waals surface area contributed by atoms with E-state index in [0.29, 0.717) is 5.75 Å². The second kappa shape index (κ2) is 8.35. The third-order valence-corrected chi connectivity index (χ3v) is 2.53. The van der Waals surface area contributed by atoms with Gasteiger partial charge in [0, 0.05) is 12.1 Å². The number of benzene rings is 2. The van der Waals surface area contributed by atoms with Gasteiger partial charge in [-0.3, -0.25) is 10.1 Å². The molecule has 0 saturated carbocycles. The van der Waals surface area contributed by atoms with Gasteiger partial charge in [0.2, 0.25) is 0 Å². The van der Waals surface area contributed by atoms with Gasteiger partial charge in [-0.1, -0.05) is 26.0 Å². The second-order valence-electron chi connectivity index (χ2n) is 3.80. The molecule has 0 saturated heterocycles. The summed E-state index contributed by atoms with van der Waals surface area (Å²) in [5, 5.41) is 28.1. The summed E-state index contributed by atoms with van der Waals surface area (Å²) >= 11 is 0. The molecule has 1 N–H and O–H groups in total. The predicted octanol–water partition coefficient (Wildman–Crippen LogP) is 4.75. The number of phenols is 1. The van der Waals surface area contributed by atoms with Crippen molar-refractivity contribution in [1.29, 1.82) is 0 Å². The van der Waals surface area contributed by atoms with E-state index >= 15 is 0 Å². The Morgan fingerprint density at radius 3 is 2.36 bits per heavy atom. The number of nitro benzene ring substituents is 1. The zero-order valence-corrected chi connectivity index (χ0v) is 12.6. The molecular weight excluding hydrogens is 286 g/mol. The van der Waals surface area contributed by atoms with Crippen LogP contribution >= 0.6 is 0 Å². The number of ether oxygens (including phenoxy) is 1. The molecule has 0 aliphatic heterocycles. The molecule has 0 heterocycles. The fourth-order valence-electron chi connectivity index (χ4n) is 1.52. The Bertz CT molecular complexity index is 672. The number of nitrogens with zero attached hydrogens (tertiary/aromatic N) is 3. The fourth-order valence-corrected chi connectivity index (χ4v) is 1.52. The first-order valence-electron chi connectivity index (χ1n) is 6.64. The number of methoxy groups -OCH3 is 1. The van der Waals surface area contributed by atoms with E-state index in [4.69, 9.17) is 4.74 Å². The van der Waals surface area contributed by atoms with E-state index in [2.05, 4.69) is 10.2 Å². The van der Waals surface area contributed by atoms with Crippen LogP contribution in [0.3, 0.4) is 0 Å². The van der Waals surface area contributed by atoms with Gasteiger partial charge in [-0.15, -0.1) is 10.2 Å². The van der Waals surface area contributed by atoms with Gasteiger partial charge in [0.05, 0.1) is 12.0 Å². The Labute approximate surface area is 128 Å². The minimum Gasteiger partial charge on any atom is -0.506 e. The molecule has 116 valence electrons. The molecule has 0 aromatic heterocycles. The third kappa shape index (κ3) is 4.27. The highest BCUT2D eigenvalue weighted by atomic mass is 16.6. The van der Waals surface area contributed by atoms with E-state index in [-0.39, 0.29) is 22.8 Å². The summed E-state index contributed by atoms with van der Waals surface area (Å²) in [5.41, 5.74) is 0.126. The van der Waals surface area contributed by atoms with Crippen LogP contribution in [-0.2, 0) is 0 Å². The van der Waals surface area contributed by atoms with E-state index in [1.807, 2.05) is 13.8 Å². The normalized spacial score (nSPS) is 9.95. The average Bonchev–Trinajstić information content (AvgIpc) is 2.56. The molecule has 7 heteroatoms. The maximum Gasteiger partial charge on any atom is 0.296 e. The number of azo groups is 1. The quantitative estimate of drug-likeness (QED) is 0.500. The van der Waals surface area contributed by atoms with Crippen LogP contribution < -0.4 is 4.74 Å². The second-order valence-corrected chi connectivity index (χ2v) is 3.80. The fraction of sp³-hybridized carbons (Fsp3) is 0.200. The number of para-hydroxylation sites is 1. The Balaban J connectivity index is 0.00000116. The van der Waals surface area contributed by atoms with Crippen molar-refractivity contribution in [2.45, 2.75) is 13.8 Å². The highest BCUT2D eigenvalue weighted by molar-refractivity contribution is 5.58. The van der Waals surface area contributed by atoms with Crippen molar-refractivity contribution < 1.29 is 14.8 Å². The van der Waals surface area contributed by atoms with Crippen molar-refractivity contribution in [2.75, 3.05) is 7.11 Å². The summed E-state index contributed by atoms with van der Waals surface area (Å²) in [5.74, 6) is 0.410. The van der Waals surface area contributed by atoms with E-state index in [0.717, 1.165) is 0 Å². The lowest BCUT2D eigenvalue weighted by Gasteiger charge is -2.02. The van der Waals surface area contributed by atoms with Crippen LogP contribution in [0.15, 0.2) is 52.7 Å². The first-order valence-corrected chi connectivity index (χ1v) is 6.64. The molecule has 0 atom stereocenters. The SMILES string of the molecule is CC.COc1ccc(O)c(N=Nc2ccccc2[N+](=O)[O-])c1. The Kier molecular flexibility index (Phi) is 6.49. The standard InChI is InChI=1S/C13H11N3O4.C2H6/c1-20-9-6-7-13(17)11(8-9)15-14-10-4-2-3-5-12(10)16(18)19;1-2/h2-8,17H,1H3;1-2H3. The molecule has 0 aliphatic rings. The molecule has 7 nitrogen and oxygen atoms in total. The smallest absolute Gasteiger partial charge is 0.296 e. The summed E-state index contributed by atoms with van der Waals surface area (Å²) in [4.78, 5) is 10.3. The lowest BCUT2D eigenvalue weighted by atomic mass is 10.3. The summed E-state index contributed by atoms with van der Waals surface area (Å²) in [6.45, 7) is 4.00. The van der Waals surface area contributed by atoms with Crippen LogP contribution in [0.25, 0.3) is 0 Å². The molecule has 0 bridgehead atoms. The van der Waals surface area contributed by atoms with Crippen LogP contribution in [0.2, 0.25) is 0 Å². The molecule has 0 unspecified atom stereocenters. The minimum atomic E-state index is -0.542. The molecule has 2 aromatic carbocycles. The van der Waals surface area contributed by atoms with Gasteiger partial charge in [-0.05, 0) is 18.2 Å². The maximum absolute atomic E-state index is 10.8. The molecular formula is C15H17N3O4. The number of phenolic OH excluding ortho intramolecular Hbond substituents is 1. The molecule has 0 aliphatic carbocycles. The number of rotatable bonds is 4. The van der Waals surface area contributed by atoms with Gasteiger partial charge < -0.3 is 9.84 Å². The van der Waals surface area contributed by atoms with Crippen LogP contribution in [0.1, 0.15) is 13.8 Å². The first-order chi connectivity index (χ1) is 10.6. The Hall–Kier alpha value is -2.96. The number of hydrogen-bond acceptors (Lipinski definition) is 6. The van der Waals surface area contributed by atoms with Crippen LogP contribution in [0.4, 0.5) is 17.1 Å². The number of aromatic hydroxyl groups is 1. The Morgan fingerprint density at radius 1 is 1.09 bits per heavy atom. The monoisotopic (exact) mass is 303 g/mol. The lowest BCUT2D eigenvalue weighted by molar-refractivity contribution is -0.384. The highest BCUT2D eigenvalue weighted by Gasteiger charge is 2.11. The third-order valence-electron chi connectivity index (χ3n) is 2.53.